The van der Waals surface area contributed by atoms with Gasteiger partial charge >= 0.3 is 0 Å². The highest BCUT2D eigenvalue weighted by Crippen LogP contribution is 2.55. The zero-order valence-corrected chi connectivity index (χ0v) is 10.1. The maximum Gasteiger partial charge on any atom is 0.163 e. The Labute approximate surface area is 96.9 Å². The van der Waals surface area contributed by atoms with Gasteiger partial charge in [0.2, 0.25) is 0 Å². The summed E-state index contributed by atoms with van der Waals surface area (Å²) in [5.41, 5.74) is 0.422. The van der Waals surface area contributed by atoms with Crippen molar-refractivity contribution in [2.45, 2.75) is 45.1 Å². The van der Waals surface area contributed by atoms with Crippen LogP contribution in [0, 0.1) is 17.3 Å². The van der Waals surface area contributed by atoms with E-state index in [1.54, 1.807) is 0 Å². The molecule has 0 aromatic heterocycles. The smallest absolute Gasteiger partial charge is 0.163 e. The molecule has 2 saturated heterocycles. The van der Waals surface area contributed by atoms with Gasteiger partial charge in [0.1, 0.15) is 6.10 Å². The van der Waals surface area contributed by atoms with Crippen LogP contribution >= 0.6 is 12.2 Å². The molecule has 0 spiro atoms. The molecule has 2 heterocycles. The molecule has 4 rings (SSSR count). The van der Waals surface area contributed by atoms with Gasteiger partial charge in [0, 0.05) is 5.92 Å². The summed E-state index contributed by atoms with van der Waals surface area (Å²) in [6.45, 7) is 2.13. The van der Waals surface area contributed by atoms with Crippen LogP contribution in [-0.4, -0.2) is 11.2 Å². The van der Waals surface area contributed by atoms with E-state index in [4.69, 9.17) is 17.0 Å². The fraction of sp³-hybridized carbons (Fsp3) is 0.769. The van der Waals surface area contributed by atoms with Gasteiger partial charge in [0.25, 0.3) is 0 Å². The van der Waals surface area contributed by atoms with Gasteiger partial charge in [0.15, 0.2) is 5.05 Å². The van der Waals surface area contributed by atoms with Crippen LogP contribution < -0.4 is 0 Å². The Balaban J connectivity index is 1.98. The molecule has 0 aromatic rings. The normalized spacial score (nSPS) is 48.3. The van der Waals surface area contributed by atoms with E-state index in [0.29, 0.717) is 17.4 Å². The molecule has 15 heavy (non-hydrogen) atoms. The van der Waals surface area contributed by atoms with E-state index < -0.39 is 0 Å². The SMILES string of the molecule is CC=CC12CC3CC(C1)OC(=S)C(C3)C2. The van der Waals surface area contributed by atoms with Gasteiger partial charge in [0.05, 0.1) is 0 Å². The maximum absolute atomic E-state index is 5.90. The van der Waals surface area contributed by atoms with E-state index in [1.165, 1.54) is 32.1 Å². The summed E-state index contributed by atoms with van der Waals surface area (Å²) in [4.78, 5) is 0. The Morgan fingerprint density at radius 3 is 3.00 bits per heavy atom. The van der Waals surface area contributed by atoms with Crippen molar-refractivity contribution in [3.05, 3.63) is 12.2 Å². The number of rotatable bonds is 1. The van der Waals surface area contributed by atoms with Gasteiger partial charge in [-0.15, -0.1) is 0 Å². The molecule has 2 aliphatic heterocycles. The van der Waals surface area contributed by atoms with E-state index in [-0.39, 0.29) is 0 Å². The number of ether oxygens (including phenoxy) is 1. The van der Waals surface area contributed by atoms with Crippen molar-refractivity contribution in [3.63, 3.8) is 0 Å². The maximum atomic E-state index is 5.90. The molecular formula is C13H18OS. The second-order valence-corrected chi connectivity index (χ2v) is 5.97. The van der Waals surface area contributed by atoms with Crippen molar-refractivity contribution < 1.29 is 4.74 Å². The molecule has 4 atom stereocenters. The van der Waals surface area contributed by atoms with Crippen LogP contribution in [0.2, 0.25) is 0 Å². The van der Waals surface area contributed by atoms with Crippen LogP contribution in [0.1, 0.15) is 39.0 Å². The van der Waals surface area contributed by atoms with Crippen molar-refractivity contribution in [3.8, 4) is 0 Å². The summed E-state index contributed by atoms with van der Waals surface area (Å²) in [7, 11) is 0. The molecule has 4 fully saturated rings. The Hall–Kier alpha value is -0.370. The van der Waals surface area contributed by atoms with E-state index in [0.717, 1.165) is 11.0 Å². The largest absolute Gasteiger partial charge is 0.484 e. The highest BCUT2D eigenvalue weighted by molar-refractivity contribution is 7.80. The molecule has 0 radical (unpaired) electrons. The molecule has 1 nitrogen and oxygen atoms in total. The third-order valence-corrected chi connectivity index (χ3v) is 4.76. The minimum Gasteiger partial charge on any atom is -0.484 e. The molecule has 2 saturated carbocycles. The number of hydrogen-bond acceptors (Lipinski definition) is 2. The van der Waals surface area contributed by atoms with Crippen LogP contribution in [-0.2, 0) is 4.74 Å². The second kappa shape index (κ2) is 3.31. The van der Waals surface area contributed by atoms with Gasteiger partial charge in [-0.1, -0.05) is 12.2 Å². The van der Waals surface area contributed by atoms with Gasteiger partial charge in [-0.3, -0.25) is 0 Å². The average Bonchev–Trinajstić information content (AvgIpc) is 2.29. The molecular weight excluding hydrogens is 204 g/mol. The minimum absolute atomic E-state index is 0.417. The monoisotopic (exact) mass is 222 g/mol. The van der Waals surface area contributed by atoms with Crippen LogP contribution in [0.5, 0.6) is 0 Å². The summed E-state index contributed by atoms with van der Waals surface area (Å²) < 4.78 is 5.90. The first kappa shape index (κ1) is 9.83. The third-order valence-electron chi connectivity index (χ3n) is 4.33. The molecule has 0 aromatic carbocycles. The van der Waals surface area contributed by atoms with Crippen LogP contribution in [0.3, 0.4) is 0 Å². The Morgan fingerprint density at radius 1 is 1.33 bits per heavy atom. The lowest BCUT2D eigenvalue weighted by Gasteiger charge is -2.45. The average molecular weight is 222 g/mol. The standard InChI is InChI=1S/C13H18OS/c1-2-3-13-6-9-4-10(7-13)12(15)14-11(5-9)8-13/h2-3,9-11H,4-8H2,1H3. The number of allylic oxidation sites excluding steroid dienone is 2. The van der Waals surface area contributed by atoms with Gasteiger partial charge in [-0.25, -0.2) is 0 Å². The van der Waals surface area contributed by atoms with Gasteiger partial charge in [-0.05, 0) is 62.6 Å². The summed E-state index contributed by atoms with van der Waals surface area (Å²) in [5.74, 6) is 1.42. The van der Waals surface area contributed by atoms with Crippen molar-refractivity contribution in [2.75, 3.05) is 0 Å². The lowest BCUT2D eigenvalue weighted by Crippen LogP contribution is -2.38. The van der Waals surface area contributed by atoms with Gasteiger partial charge < -0.3 is 4.74 Å². The molecule has 4 aliphatic rings. The van der Waals surface area contributed by atoms with Crippen molar-refractivity contribution in [2.24, 2.45) is 17.3 Å². The van der Waals surface area contributed by atoms with Crippen molar-refractivity contribution in [1.29, 1.82) is 0 Å². The molecule has 4 unspecified atom stereocenters. The highest BCUT2D eigenvalue weighted by Gasteiger charge is 2.49. The molecule has 2 aliphatic carbocycles. The first-order valence-corrected chi connectivity index (χ1v) is 6.46. The summed E-state index contributed by atoms with van der Waals surface area (Å²) in [5, 5.41) is 0.911. The summed E-state index contributed by atoms with van der Waals surface area (Å²) in [6, 6.07) is 0. The minimum atomic E-state index is 0.417. The summed E-state index contributed by atoms with van der Waals surface area (Å²) >= 11 is 5.39. The predicted molar refractivity (Wildman–Crippen MR) is 64.8 cm³/mol. The van der Waals surface area contributed by atoms with Gasteiger partial charge in [-0.2, -0.15) is 0 Å². The zero-order chi connectivity index (χ0) is 10.5. The predicted octanol–water partition coefficient (Wildman–Crippen LogP) is 3.49. The number of thiocarbonyl (C=S) groups is 1. The molecule has 0 N–H and O–H groups in total. The first-order valence-electron chi connectivity index (χ1n) is 6.05. The lowest BCUT2D eigenvalue weighted by molar-refractivity contribution is 0.0449. The molecule has 0 amide bonds. The van der Waals surface area contributed by atoms with E-state index in [1.807, 2.05) is 0 Å². The van der Waals surface area contributed by atoms with Crippen LogP contribution in [0.4, 0.5) is 0 Å². The van der Waals surface area contributed by atoms with E-state index in [9.17, 15) is 0 Å². The van der Waals surface area contributed by atoms with Crippen molar-refractivity contribution >= 4 is 17.3 Å². The van der Waals surface area contributed by atoms with E-state index >= 15 is 0 Å². The van der Waals surface area contributed by atoms with Crippen molar-refractivity contribution in [1.82, 2.24) is 0 Å². The molecule has 4 bridgehead atoms. The highest BCUT2D eigenvalue weighted by atomic mass is 32.1. The Bertz CT molecular complexity index is 322. The third kappa shape index (κ3) is 1.54. The van der Waals surface area contributed by atoms with Crippen LogP contribution in [0.25, 0.3) is 0 Å². The fourth-order valence-corrected chi connectivity index (χ4v) is 4.38. The lowest BCUT2D eigenvalue weighted by atomic mass is 9.59. The van der Waals surface area contributed by atoms with E-state index in [2.05, 4.69) is 19.1 Å². The summed E-state index contributed by atoms with van der Waals surface area (Å²) in [6.07, 6.45) is 11.4. The molecule has 2 heteroatoms. The Kier molecular flexibility index (Phi) is 2.17. The quantitative estimate of drug-likeness (QED) is 0.496. The Morgan fingerprint density at radius 2 is 2.20 bits per heavy atom. The fourth-order valence-electron chi connectivity index (χ4n) is 4.06. The number of hydrogen-bond donors (Lipinski definition) is 0. The topological polar surface area (TPSA) is 9.23 Å². The second-order valence-electron chi connectivity index (χ2n) is 5.57. The first-order chi connectivity index (χ1) is 7.21. The zero-order valence-electron chi connectivity index (χ0n) is 9.24. The molecule has 82 valence electrons. The van der Waals surface area contributed by atoms with Crippen LogP contribution in [0.15, 0.2) is 12.2 Å². The number of fused-ring (bicyclic) bond motifs is 1.